The van der Waals surface area contributed by atoms with Crippen LogP contribution in [0, 0.1) is 3.57 Å². The number of ether oxygens (including phenoxy) is 2. The first kappa shape index (κ1) is 18.6. The molecule has 0 bridgehead atoms. The molecule has 0 aliphatic heterocycles. The molecule has 2 N–H and O–H groups in total. The van der Waals surface area contributed by atoms with Crippen LogP contribution in [-0.4, -0.2) is 25.6 Å². The number of rotatable bonds is 6. The first-order valence-corrected chi connectivity index (χ1v) is 9.15. The first-order chi connectivity index (χ1) is 11.6. The van der Waals surface area contributed by atoms with Gasteiger partial charge in [-0.15, -0.1) is 5.10 Å². The molecule has 2 aromatic rings. The van der Waals surface area contributed by atoms with Gasteiger partial charge < -0.3 is 15.2 Å². The minimum absolute atomic E-state index is 0.422. The quantitative estimate of drug-likeness (QED) is 0.311. The largest absolute Gasteiger partial charge is 0.493 e. The van der Waals surface area contributed by atoms with Gasteiger partial charge in [-0.1, -0.05) is 42.1 Å². The molecule has 126 valence electrons. The lowest BCUT2D eigenvalue weighted by Crippen LogP contribution is -2.06. The van der Waals surface area contributed by atoms with Crippen molar-refractivity contribution < 1.29 is 9.47 Å². The predicted molar refractivity (Wildman–Crippen MR) is 109 cm³/mol. The highest BCUT2D eigenvalue weighted by Crippen LogP contribution is 2.33. The van der Waals surface area contributed by atoms with Gasteiger partial charge in [0.2, 0.25) is 0 Å². The van der Waals surface area contributed by atoms with Crippen molar-refractivity contribution in [2.24, 2.45) is 15.9 Å². The lowest BCUT2D eigenvalue weighted by atomic mass is 10.2. The average Bonchev–Trinajstić information content (AvgIpc) is 2.60. The number of halogens is 1. The van der Waals surface area contributed by atoms with Gasteiger partial charge in [0.05, 0.1) is 24.0 Å². The Labute approximate surface area is 159 Å². The van der Waals surface area contributed by atoms with Gasteiger partial charge >= 0.3 is 0 Å². The van der Waals surface area contributed by atoms with Gasteiger partial charge in [0.1, 0.15) is 0 Å². The van der Waals surface area contributed by atoms with Gasteiger partial charge in [-0.2, -0.15) is 5.10 Å². The number of hydrogen-bond donors (Lipinski definition) is 1. The molecule has 7 heteroatoms. The Hall–Kier alpha value is -1.74. The van der Waals surface area contributed by atoms with Crippen LogP contribution >= 0.6 is 34.4 Å². The van der Waals surface area contributed by atoms with Crippen LogP contribution in [0.4, 0.5) is 0 Å². The summed E-state index contributed by atoms with van der Waals surface area (Å²) in [6, 6.07) is 13.9. The van der Waals surface area contributed by atoms with E-state index >= 15 is 0 Å². The second-order valence-corrected chi connectivity index (χ2v) is 6.85. The van der Waals surface area contributed by atoms with Crippen LogP contribution in [-0.2, 0) is 5.75 Å². The summed E-state index contributed by atoms with van der Waals surface area (Å²) in [5.41, 5.74) is 7.93. The Balaban J connectivity index is 2.01. The number of amidine groups is 1. The molecule has 24 heavy (non-hydrogen) atoms. The number of hydrogen-bond acceptors (Lipinski definition) is 5. The van der Waals surface area contributed by atoms with E-state index in [0.717, 1.165) is 14.9 Å². The van der Waals surface area contributed by atoms with E-state index in [1.54, 1.807) is 20.4 Å². The number of nitrogens with zero attached hydrogens (tertiary/aromatic N) is 2. The lowest BCUT2D eigenvalue weighted by molar-refractivity contribution is 0.353. The van der Waals surface area contributed by atoms with Gasteiger partial charge in [0, 0.05) is 5.75 Å². The number of benzene rings is 2. The molecule has 5 nitrogen and oxygen atoms in total. The van der Waals surface area contributed by atoms with E-state index in [-0.39, 0.29) is 0 Å². The van der Waals surface area contributed by atoms with E-state index < -0.39 is 0 Å². The average molecular weight is 455 g/mol. The van der Waals surface area contributed by atoms with Crippen LogP contribution in [0.3, 0.4) is 0 Å². The SMILES string of the molecule is COc1cc(C=NN=C(N)SCc2ccccc2)cc(I)c1OC. The van der Waals surface area contributed by atoms with Gasteiger partial charge in [-0.25, -0.2) is 0 Å². The van der Waals surface area contributed by atoms with Crippen LogP contribution in [0.2, 0.25) is 0 Å². The number of thioether (sulfide) groups is 1. The molecular weight excluding hydrogens is 437 g/mol. The van der Waals surface area contributed by atoms with Crippen LogP contribution in [0.1, 0.15) is 11.1 Å². The molecule has 0 saturated heterocycles. The standard InChI is InChI=1S/C17H18IN3O2S/c1-22-15-9-13(8-14(18)16(15)23-2)10-20-21-17(19)24-11-12-6-4-3-5-7-12/h3-10H,11H2,1-2H3,(H2,19,21). The minimum atomic E-state index is 0.422. The van der Waals surface area contributed by atoms with E-state index in [9.17, 15) is 0 Å². The van der Waals surface area contributed by atoms with Crippen molar-refractivity contribution in [2.75, 3.05) is 14.2 Å². The molecule has 0 heterocycles. The lowest BCUT2D eigenvalue weighted by Gasteiger charge is -2.10. The van der Waals surface area contributed by atoms with E-state index in [2.05, 4.69) is 44.9 Å². The third-order valence-electron chi connectivity index (χ3n) is 3.05. The fourth-order valence-electron chi connectivity index (χ4n) is 1.93. The molecule has 0 unspecified atom stereocenters. The Morgan fingerprint density at radius 2 is 1.96 bits per heavy atom. The Morgan fingerprint density at radius 3 is 2.62 bits per heavy atom. The van der Waals surface area contributed by atoms with E-state index in [4.69, 9.17) is 15.2 Å². The van der Waals surface area contributed by atoms with Crippen molar-refractivity contribution in [3.63, 3.8) is 0 Å². The Bertz CT molecular complexity index is 736. The van der Waals surface area contributed by atoms with Crippen molar-refractivity contribution in [1.29, 1.82) is 0 Å². The van der Waals surface area contributed by atoms with Crippen molar-refractivity contribution in [3.8, 4) is 11.5 Å². The molecule has 2 rings (SSSR count). The highest BCUT2D eigenvalue weighted by Gasteiger charge is 2.09. The summed E-state index contributed by atoms with van der Waals surface area (Å²) in [6.45, 7) is 0. The van der Waals surface area contributed by atoms with Crippen molar-refractivity contribution in [2.45, 2.75) is 5.75 Å². The summed E-state index contributed by atoms with van der Waals surface area (Å²) in [5.74, 6) is 2.12. The normalized spacial score (nSPS) is 11.7. The molecule has 0 spiro atoms. The van der Waals surface area contributed by atoms with Crippen LogP contribution in [0.25, 0.3) is 0 Å². The maximum absolute atomic E-state index is 5.87. The highest BCUT2D eigenvalue weighted by atomic mass is 127. The molecular formula is C17H18IN3O2S. The molecule has 0 aromatic heterocycles. The predicted octanol–water partition coefficient (Wildman–Crippen LogP) is 3.89. The second kappa shape index (κ2) is 9.53. The van der Waals surface area contributed by atoms with E-state index in [0.29, 0.717) is 16.7 Å². The molecule has 0 fully saturated rings. The van der Waals surface area contributed by atoms with E-state index in [1.165, 1.54) is 17.3 Å². The highest BCUT2D eigenvalue weighted by molar-refractivity contribution is 14.1. The third kappa shape index (κ3) is 5.41. The van der Waals surface area contributed by atoms with Gasteiger partial charge in [-0.05, 0) is 45.9 Å². The van der Waals surface area contributed by atoms with Gasteiger partial charge in [0.25, 0.3) is 0 Å². The zero-order valence-corrected chi connectivity index (χ0v) is 16.4. The zero-order chi connectivity index (χ0) is 17.4. The molecule has 0 saturated carbocycles. The fourth-order valence-corrected chi connectivity index (χ4v) is 3.38. The summed E-state index contributed by atoms with van der Waals surface area (Å²) in [6.07, 6.45) is 1.64. The van der Waals surface area contributed by atoms with E-state index in [1.807, 2.05) is 30.3 Å². The monoisotopic (exact) mass is 455 g/mol. The first-order valence-electron chi connectivity index (χ1n) is 7.08. The molecule has 0 amide bonds. The molecule has 0 aliphatic carbocycles. The van der Waals surface area contributed by atoms with Gasteiger partial charge in [-0.3, -0.25) is 0 Å². The van der Waals surface area contributed by atoms with Gasteiger partial charge in [0.15, 0.2) is 16.7 Å². The minimum Gasteiger partial charge on any atom is -0.493 e. The molecule has 0 aliphatic rings. The summed E-state index contributed by atoms with van der Waals surface area (Å²) >= 11 is 3.64. The maximum Gasteiger partial charge on any atom is 0.180 e. The number of methoxy groups -OCH3 is 2. The van der Waals surface area contributed by atoms with Crippen LogP contribution in [0.15, 0.2) is 52.7 Å². The summed E-state index contributed by atoms with van der Waals surface area (Å²) in [4.78, 5) is 0. The zero-order valence-electron chi connectivity index (χ0n) is 13.4. The topological polar surface area (TPSA) is 69.2 Å². The molecule has 0 atom stereocenters. The van der Waals surface area contributed by atoms with Crippen LogP contribution in [0.5, 0.6) is 11.5 Å². The smallest absolute Gasteiger partial charge is 0.180 e. The maximum atomic E-state index is 5.87. The summed E-state index contributed by atoms with van der Waals surface area (Å²) in [7, 11) is 3.22. The van der Waals surface area contributed by atoms with Crippen molar-refractivity contribution in [3.05, 3.63) is 57.2 Å². The Kier molecular flexibility index (Phi) is 7.38. The molecule has 0 radical (unpaired) electrons. The van der Waals surface area contributed by atoms with Crippen molar-refractivity contribution in [1.82, 2.24) is 0 Å². The number of nitrogens with two attached hydrogens (primary N) is 1. The summed E-state index contributed by atoms with van der Waals surface area (Å²) < 4.78 is 11.6. The fraction of sp³-hybridized carbons (Fsp3) is 0.176. The summed E-state index contributed by atoms with van der Waals surface area (Å²) in [5, 5.41) is 8.48. The second-order valence-electron chi connectivity index (χ2n) is 4.70. The van der Waals surface area contributed by atoms with Crippen LogP contribution < -0.4 is 15.2 Å². The third-order valence-corrected chi connectivity index (χ3v) is 4.70. The molecule has 2 aromatic carbocycles. The van der Waals surface area contributed by atoms with Crippen molar-refractivity contribution >= 4 is 45.7 Å². The Morgan fingerprint density at radius 1 is 1.21 bits per heavy atom.